The second-order valence-corrected chi connectivity index (χ2v) is 9.83. The predicted molar refractivity (Wildman–Crippen MR) is 149 cm³/mol. The summed E-state index contributed by atoms with van der Waals surface area (Å²) in [6.45, 7) is 3.29. The molecule has 7 amide bonds. The van der Waals surface area contributed by atoms with Crippen LogP contribution in [-0.2, 0) is 40.0 Å². The van der Waals surface area contributed by atoms with Gasteiger partial charge in [-0.2, -0.15) is 0 Å². The number of nitrogens with one attached hydrogen (secondary N) is 5. The van der Waals surface area contributed by atoms with Crippen LogP contribution in [0.3, 0.4) is 0 Å². The maximum atomic E-state index is 12.7. The average molecular weight is 573 g/mol. The first-order chi connectivity index (χ1) is 19.6. The van der Waals surface area contributed by atoms with E-state index >= 15 is 0 Å². The molecule has 0 spiro atoms. The maximum Gasteiger partial charge on any atom is 0.243 e. The van der Waals surface area contributed by atoms with Crippen molar-refractivity contribution in [1.29, 1.82) is 0 Å². The van der Waals surface area contributed by atoms with Gasteiger partial charge in [0.05, 0.1) is 19.6 Å². The normalized spacial score (nSPS) is 15.2. The van der Waals surface area contributed by atoms with Gasteiger partial charge in [-0.15, -0.1) is 0 Å². The van der Waals surface area contributed by atoms with Gasteiger partial charge in [-0.3, -0.25) is 38.5 Å². The quantitative estimate of drug-likeness (QED) is 0.119. The molecule has 0 bridgehead atoms. The Kier molecular flexibility index (Phi) is 14.0. The van der Waals surface area contributed by atoms with Crippen molar-refractivity contribution >= 4 is 41.4 Å². The van der Waals surface area contributed by atoms with E-state index in [-0.39, 0.29) is 61.9 Å². The van der Waals surface area contributed by atoms with E-state index in [4.69, 9.17) is 0 Å². The van der Waals surface area contributed by atoms with Crippen LogP contribution in [0.2, 0.25) is 0 Å². The van der Waals surface area contributed by atoms with Gasteiger partial charge in [-0.1, -0.05) is 43.7 Å². The summed E-state index contributed by atoms with van der Waals surface area (Å²) in [5, 5.41) is 12.5. The molecule has 1 aliphatic rings. The Labute approximate surface area is 239 Å². The lowest BCUT2D eigenvalue weighted by molar-refractivity contribution is -0.139. The van der Waals surface area contributed by atoms with Gasteiger partial charge in [-0.25, -0.2) is 0 Å². The van der Waals surface area contributed by atoms with Crippen LogP contribution in [0.1, 0.15) is 51.5 Å². The van der Waals surface area contributed by atoms with Crippen LogP contribution < -0.4 is 26.6 Å². The van der Waals surface area contributed by atoms with Crippen LogP contribution in [0.25, 0.3) is 0 Å². The molecule has 224 valence electrons. The second-order valence-electron chi connectivity index (χ2n) is 9.83. The van der Waals surface area contributed by atoms with Gasteiger partial charge < -0.3 is 26.6 Å². The lowest BCUT2D eigenvalue weighted by Gasteiger charge is -2.19. The number of carbonyl (C=O) groups excluding carboxylic acids is 7. The van der Waals surface area contributed by atoms with Gasteiger partial charge in [0.25, 0.3) is 0 Å². The number of nitrogens with zero attached hydrogens (tertiary/aromatic N) is 1. The van der Waals surface area contributed by atoms with E-state index in [1.54, 1.807) is 38.1 Å². The van der Waals surface area contributed by atoms with Crippen molar-refractivity contribution in [3.63, 3.8) is 0 Å². The molecule has 1 fully saturated rings. The number of unbranched alkanes of at least 4 members (excludes halogenated alkanes) is 2. The van der Waals surface area contributed by atoms with Crippen molar-refractivity contribution in [2.45, 2.75) is 58.4 Å². The molecule has 5 N–H and O–H groups in total. The van der Waals surface area contributed by atoms with Crippen LogP contribution >= 0.6 is 0 Å². The van der Waals surface area contributed by atoms with Crippen LogP contribution in [0.4, 0.5) is 0 Å². The summed E-state index contributed by atoms with van der Waals surface area (Å²) in [6.07, 6.45) is 2.38. The Hall–Kier alpha value is -4.29. The van der Waals surface area contributed by atoms with Gasteiger partial charge >= 0.3 is 0 Å². The molecule has 0 aliphatic carbocycles. The largest absolute Gasteiger partial charge is 0.355 e. The molecule has 2 rings (SSSR count). The summed E-state index contributed by atoms with van der Waals surface area (Å²) < 4.78 is 0. The van der Waals surface area contributed by atoms with E-state index in [1.165, 1.54) is 4.90 Å². The van der Waals surface area contributed by atoms with Crippen molar-refractivity contribution in [3.8, 4) is 0 Å². The van der Waals surface area contributed by atoms with E-state index in [0.29, 0.717) is 32.4 Å². The van der Waals surface area contributed by atoms with Crippen LogP contribution in [0.15, 0.2) is 30.3 Å². The molecule has 1 saturated heterocycles. The number of hydrogen-bond donors (Lipinski definition) is 5. The Morgan fingerprint density at radius 1 is 0.829 bits per heavy atom. The molecule has 0 aromatic heterocycles. The van der Waals surface area contributed by atoms with Crippen molar-refractivity contribution in [2.24, 2.45) is 5.92 Å². The summed E-state index contributed by atoms with van der Waals surface area (Å²) >= 11 is 0. The number of hydrogen-bond acceptors (Lipinski definition) is 7. The third-order valence-corrected chi connectivity index (χ3v) is 6.38. The van der Waals surface area contributed by atoms with Gasteiger partial charge in [0, 0.05) is 38.3 Å². The maximum absolute atomic E-state index is 12.7. The molecule has 13 nitrogen and oxygen atoms in total. The SMILES string of the molecule is CCNC(=O)CNC(=O)C(Cc1ccccc1)NC(=O)CNC(=O)CNC(=O)CCCCCN1C(=O)CC(C)C1=O. The summed E-state index contributed by atoms with van der Waals surface area (Å²) in [6, 6.07) is 8.06. The third kappa shape index (κ3) is 12.2. The molecule has 1 heterocycles. The summed E-state index contributed by atoms with van der Waals surface area (Å²) in [5.41, 5.74) is 0.797. The lowest BCUT2D eigenvalue weighted by atomic mass is 10.1. The monoisotopic (exact) mass is 572 g/mol. The number of benzene rings is 1. The van der Waals surface area contributed by atoms with Crippen molar-refractivity contribution in [2.75, 3.05) is 32.7 Å². The molecule has 0 saturated carbocycles. The summed E-state index contributed by atoms with van der Waals surface area (Å²) in [5.74, 6) is -3.00. The molecule has 41 heavy (non-hydrogen) atoms. The molecular weight excluding hydrogens is 532 g/mol. The fourth-order valence-electron chi connectivity index (χ4n) is 4.18. The standard InChI is InChI=1S/C28H40N6O7/c1-3-29-23(36)17-32-27(40)21(15-20-10-6-4-7-11-20)33-25(38)18-31-24(37)16-30-22(35)12-8-5-9-13-34-26(39)14-19(2)28(34)41/h4,6-7,10-11,19,21H,3,5,8-9,12-18H2,1-2H3,(H,29,36)(H,30,35)(H,31,37)(H,32,40)(H,33,38). The highest BCUT2D eigenvalue weighted by Gasteiger charge is 2.34. The Morgan fingerprint density at radius 2 is 1.46 bits per heavy atom. The first-order valence-corrected chi connectivity index (χ1v) is 13.9. The minimum atomic E-state index is -0.971. The molecule has 1 aromatic rings. The van der Waals surface area contributed by atoms with E-state index in [1.807, 2.05) is 6.07 Å². The van der Waals surface area contributed by atoms with E-state index in [2.05, 4.69) is 26.6 Å². The highest BCUT2D eigenvalue weighted by atomic mass is 16.2. The summed E-state index contributed by atoms with van der Waals surface area (Å²) in [7, 11) is 0. The minimum Gasteiger partial charge on any atom is -0.355 e. The van der Waals surface area contributed by atoms with Crippen molar-refractivity contribution in [3.05, 3.63) is 35.9 Å². The lowest BCUT2D eigenvalue weighted by Crippen LogP contribution is -2.52. The fourth-order valence-corrected chi connectivity index (χ4v) is 4.18. The number of likely N-dealkylation sites (N-methyl/N-ethyl adjacent to an activating group) is 1. The Bertz CT molecular complexity index is 1090. The zero-order valence-corrected chi connectivity index (χ0v) is 23.6. The van der Waals surface area contributed by atoms with Crippen molar-refractivity contribution in [1.82, 2.24) is 31.5 Å². The van der Waals surface area contributed by atoms with E-state index in [9.17, 15) is 33.6 Å². The number of carbonyl (C=O) groups is 7. The minimum absolute atomic E-state index is 0.154. The molecule has 2 atom stereocenters. The third-order valence-electron chi connectivity index (χ3n) is 6.38. The smallest absolute Gasteiger partial charge is 0.243 e. The first-order valence-electron chi connectivity index (χ1n) is 13.9. The number of rotatable bonds is 17. The highest BCUT2D eigenvalue weighted by molar-refractivity contribution is 6.03. The Balaban J connectivity index is 1.68. The molecule has 1 aromatic carbocycles. The molecule has 2 unspecified atom stereocenters. The molecule has 0 radical (unpaired) electrons. The predicted octanol–water partition coefficient (Wildman–Crippen LogP) is -0.846. The number of imide groups is 1. The first kappa shape index (κ1) is 32.9. The highest BCUT2D eigenvalue weighted by Crippen LogP contribution is 2.19. The topological polar surface area (TPSA) is 183 Å². The number of amides is 7. The fraction of sp³-hybridized carbons (Fsp3) is 0.536. The van der Waals surface area contributed by atoms with Gasteiger partial charge in [-0.05, 0) is 25.3 Å². The van der Waals surface area contributed by atoms with Gasteiger partial charge in [0.15, 0.2) is 0 Å². The van der Waals surface area contributed by atoms with Crippen LogP contribution in [-0.4, -0.2) is 85.0 Å². The van der Waals surface area contributed by atoms with Gasteiger partial charge in [0.2, 0.25) is 41.4 Å². The van der Waals surface area contributed by atoms with Crippen LogP contribution in [0, 0.1) is 5.92 Å². The summed E-state index contributed by atoms with van der Waals surface area (Å²) in [4.78, 5) is 85.9. The van der Waals surface area contributed by atoms with Crippen molar-refractivity contribution < 1.29 is 33.6 Å². The Morgan fingerprint density at radius 3 is 2.12 bits per heavy atom. The van der Waals surface area contributed by atoms with E-state index in [0.717, 1.165) is 5.56 Å². The second kappa shape index (κ2) is 17.4. The average Bonchev–Trinajstić information content (AvgIpc) is 3.19. The van der Waals surface area contributed by atoms with Crippen LogP contribution in [0.5, 0.6) is 0 Å². The molecule has 13 heteroatoms. The molecular formula is C28H40N6O7. The number of likely N-dealkylation sites (tertiary alicyclic amines) is 1. The van der Waals surface area contributed by atoms with Gasteiger partial charge in [0.1, 0.15) is 6.04 Å². The zero-order valence-electron chi connectivity index (χ0n) is 23.6. The van der Waals surface area contributed by atoms with E-state index < -0.39 is 30.3 Å². The zero-order chi connectivity index (χ0) is 30.2. The molecule has 1 aliphatic heterocycles.